The SMILES string of the molecule is CC(C)[C@H](C)NC(=O)CC12C[C@H]3C[C@@H](CC(O)(C3)C1)C2. The molecule has 0 spiro atoms. The molecule has 3 heteroatoms. The molecule has 1 amide bonds. The zero-order valence-corrected chi connectivity index (χ0v) is 13.1. The van der Waals surface area contributed by atoms with Crippen LogP contribution in [0.1, 0.15) is 65.7 Å². The molecule has 114 valence electrons. The minimum atomic E-state index is -0.450. The van der Waals surface area contributed by atoms with Crippen molar-refractivity contribution in [2.75, 3.05) is 0 Å². The zero-order chi connectivity index (χ0) is 14.5. The van der Waals surface area contributed by atoms with Crippen LogP contribution >= 0.6 is 0 Å². The molecule has 0 aliphatic heterocycles. The van der Waals surface area contributed by atoms with E-state index in [0.29, 0.717) is 24.2 Å². The fraction of sp³-hybridized carbons (Fsp3) is 0.941. The summed E-state index contributed by atoms with van der Waals surface area (Å²) in [7, 11) is 0. The summed E-state index contributed by atoms with van der Waals surface area (Å²) in [6, 6.07) is 0.236. The van der Waals surface area contributed by atoms with Gasteiger partial charge >= 0.3 is 0 Å². The Hall–Kier alpha value is -0.570. The van der Waals surface area contributed by atoms with Crippen molar-refractivity contribution < 1.29 is 9.90 Å². The number of carbonyl (C=O) groups is 1. The molecule has 4 aliphatic rings. The highest BCUT2D eigenvalue weighted by Gasteiger charge is 2.57. The number of hydrogen-bond donors (Lipinski definition) is 2. The first-order valence-electron chi connectivity index (χ1n) is 8.31. The van der Waals surface area contributed by atoms with E-state index in [1.807, 2.05) is 0 Å². The summed E-state index contributed by atoms with van der Waals surface area (Å²) in [5.41, 5.74) is -0.354. The van der Waals surface area contributed by atoms with Crippen molar-refractivity contribution in [3.63, 3.8) is 0 Å². The van der Waals surface area contributed by atoms with Gasteiger partial charge in [-0.15, -0.1) is 0 Å². The van der Waals surface area contributed by atoms with Gasteiger partial charge < -0.3 is 10.4 Å². The van der Waals surface area contributed by atoms with Gasteiger partial charge in [0, 0.05) is 12.5 Å². The van der Waals surface area contributed by atoms with Crippen molar-refractivity contribution >= 4 is 5.91 Å². The third-order valence-corrected chi connectivity index (χ3v) is 6.08. The summed E-state index contributed by atoms with van der Waals surface area (Å²) < 4.78 is 0. The molecule has 0 unspecified atom stereocenters. The summed E-state index contributed by atoms with van der Waals surface area (Å²) >= 11 is 0. The maximum Gasteiger partial charge on any atom is 0.220 e. The van der Waals surface area contributed by atoms with Crippen LogP contribution in [0.3, 0.4) is 0 Å². The molecule has 0 aromatic carbocycles. The van der Waals surface area contributed by atoms with Gasteiger partial charge in [-0.2, -0.15) is 0 Å². The highest BCUT2D eigenvalue weighted by Crippen LogP contribution is 2.62. The first-order valence-corrected chi connectivity index (χ1v) is 8.31. The average Bonchev–Trinajstić information content (AvgIpc) is 2.23. The van der Waals surface area contributed by atoms with E-state index in [9.17, 15) is 9.90 Å². The minimum Gasteiger partial charge on any atom is -0.390 e. The lowest BCUT2D eigenvalue weighted by molar-refractivity contribution is -0.169. The van der Waals surface area contributed by atoms with Gasteiger partial charge in [-0.25, -0.2) is 0 Å². The Labute approximate surface area is 122 Å². The quantitative estimate of drug-likeness (QED) is 0.831. The molecular weight excluding hydrogens is 250 g/mol. The van der Waals surface area contributed by atoms with Gasteiger partial charge in [0.1, 0.15) is 0 Å². The van der Waals surface area contributed by atoms with Crippen LogP contribution in [0.25, 0.3) is 0 Å². The van der Waals surface area contributed by atoms with Crippen molar-refractivity contribution in [3.8, 4) is 0 Å². The molecule has 20 heavy (non-hydrogen) atoms. The first-order chi connectivity index (χ1) is 9.29. The third kappa shape index (κ3) is 2.61. The molecule has 4 fully saturated rings. The number of carbonyl (C=O) groups excluding carboxylic acids is 1. The van der Waals surface area contributed by atoms with Crippen LogP contribution in [0.2, 0.25) is 0 Å². The highest BCUT2D eigenvalue weighted by molar-refractivity contribution is 5.77. The molecule has 0 saturated heterocycles. The van der Waals surface area contributed by atoms with Gasteiger partial charge in [-0.3, -0.25) is 4.79 Å². The van der Waals surface area contributed by atoms with Crippen LogP contribution in [-0.2, 0) is 4.79 Å². The molecule has 3 atom stereocenters. The molecule has 4 bridgehead atoms. The van der Waals surface area contributed by atoms with E-state index in [0.717, 1.165) is 32.1 Å². The Morgan fingerprint density at radius 2 is 1.80 bits per heavy atom. The van der Waals surface area contributed by atoms with Crippen LogP contribution in [0.4, 0.5) is 0 Å². The Morgan fingerprint density at radius 3 is 2.30 bits per heavy atom. The Balaban J connectivity index is 1.66. The van der Waals surface area contributed by atoms with Crippen LogP contribution in [0.5, 0.6) is 0 Å². The van der Waals surface area contributed by atoms with E-state index in [4.69, 9.17) is 0 Å². The Morgan fingerprint density at radius 1 is 1.20 bits per heavy atom. The lowest BCUT2D eigenvalue weighted by Gasteiger charge is -2.60. The van der Waals surface area contributed by atoms with Gasteiger partial charge in [0.05, 0.1) is 5.60 Å². The summed E-state index contributed by atoms with van der Waals surface area (Å²) in [4.78, 5) is 12.4. The van der Waals surface area contributed by atoms with Gasteiger partial charge in [0.25, 0.3) is 0 Å². The normalized spacial score (nSPS) is 43.9. The monoisotopic (exact) mass is 279 g/mol. The predicted molar refractivity (Wildman–Crippen MR) is 79.1 cm³/mol. The number of hydrogen-bond acceptors (Lipinski definition) is 2. The number of nitrogens with one attached hydrogen (secondary N) is 1. The Bertz CT molecular complexity index is 390. The van der Waals surface area contributed by atoms with E-state index in [1.165, 1.54) is 6.42 Å². The van der Waals surface area contributed by atoms with E-state index in [1.54, 1.807) is 0 Å². The summed E-state index contributed by atoms with van der Waals surface area (Å²) in [6.45, 7) is 6.35. The standard InChI is InChI=1S/C17H29NO2/c1-11(2)12(3)18-15(19)9-16-5-13-4-14(6-16)8-17(20,7-13)10-16/h11-14,20H,4-10H2,1-3H3,(H,18,19)/t12-,13+,14+,16?,17?/m0/s1. The zero-order valence-electron chi connectivity index (χ0n) is 13.1. The van der Waals surface area contributed by atoms with Crippen molar-refractivity contribution in [2.24, 2.45) is 23.2 Å². The molecule has 0 heterocycles. The highest BCUT2D eigenvalue weighted by atomic mass is 16.3. The van der Waals surface area contributed by atoms with Crippen molar-refractivity contribution in [1.82, 2.24) is 5.32 Å². The van der Waals surface area contributed by atoms with Crippen molar-refractivity contribution in [2.45, 2.75) is 77.4 Å². The van der Waals surface area contributed by atoms with Crippen LogP contribution < -0.4 is 5.32 Å². The van der Waals surface area contributed by atoms with E-state index in [2.05, 4.69) is 26.1 Å². The largest absolute Gasteiger partial charge is 0.390 e. The molecular formula is C17H29NO2. The molecule has 3 nitrogen and oxygen atoms in total. The average molecular weight is 279 g/mol. The van der Waals surface area contributed by atoms with Crippen LogP contribution in [0.15, 0.2) is 0 Å². The fourth-order valence-electron chi connectivity index (χ4n) is 5.42. The number of rotatable bonds is 4. The van der Waals surface area contributed by atoms with E-state index < -0.39 is 5.60 Å². The number of aliphatic hydroxyl groups is 1. The molecule has 0 radical (unpaired) electrons. The smallest absolute Gasteiger partial charge is 0.220 e. The Kier molecular flexibility index (Phi) is 3.39. The van der Waals surface area contributed by atoms with Gasteiger partial charge in [-0.05, 0) is 68.6 Å². The van der Waals surface area contributed by atoms with E-state index >= 15 is 0 Å². The molecule has 4 aliphatic carbocycles. The van der Waals surface area contributed by atoms with Gasteiger partial charge in [0.2, 0.25) is 5.91 Å². The molecule has 4 rings (SSSR count). The van der Waals surface area contributed by atoms with Crippen molar-refractivity contribution in [3.05, 3.63) is 0 Å². The van der Waals surface area contributed by atoms with Crippen LogP contribution in [0, 0.1) is 23.2 Å². The third-order valence-electron chi connectivity index (χ3n) is 6.08. The minimum absolute atomic E-state index is 0.0968. The molecule has 0 aromatic heterocycles. The number of amides is 1. The second-order valence-electron chi connectivity index (χ2n) is 8.46. The predicted octanol–water partition coefficient (Wildman–Crippen LogP) is 2.87. The summed E-state index contributed by atoms with van der Waals surface area (Å²) in [5.74, 6) is 1.99. The molecule has 0 aromatic rings. The maximum atomic E-state index is 12.4. The summed E-state index contributed by atoms with van der Waals surface area (Å²) in [5, 5.41) is 13.9. The van der Waals surface area contributed by atoms with E-state index in [-0.39, 0.29) is 17.4 Å². The van der Waals surface area contributed by atoms with Gasteiger partial charge in [0.15, 0.2) is 0 Å². The second kappa shape index (κ2) is 4.72. The first kappa shape index (κ1) is 14.4. The maximum absolute atomic E-state index is 12.4. The van der Waals surface area contributed by atoms with Crippen LogP contribution in [-0.4, -0.2) is 22.7 Å². The van der Waals surface area contributed by atoms with Gasteiger partial charge in [-0.1, -0.05) is 13.8 Å². The fourth-order valence-corrected chi connectivity index (χ4v) is 5.42. The molecule has 2 N–H and O–H groups in total. The lowest BCUT2D eigenvalue weighted by atomic mass is 9.47. The lowest BCUT2D eigenvalue weighted by Crippen LogP contribution is -2.56. The summed E-state index contributed by atoms with van der Waals surface area (Å²) in [6.07, 6.45) is 7.05. The van der Waals surface area contributed by atoms with Crippen molar-refractivity contribution in [1.29, 1.82) is 0 Å². The molecule has 4 saturated carbocycles. The topological polar surface area (TPSA) is 49.3 Å². The second-order valence-corrected chi connectivity index (χ2v) is 8.46.